The zero-order valence-electron chi connectivity index (χ0n) is 16.5. The number of fused-ring (bicyclic) bond motifs is 1. The number of hydrogen-bond donors (Lipinski definition) is 3. The predicted octanol–water partition coefficient (Wildman–Crippen LogP) is 2.36. The molecule has 0 radical (unpaired) electrons. The van der Waals surface area contributed by atoms with E-state index in [1.807, 2.05) is 13.8 Å². The van der Waals surface area contributed by atoms with Crippen LogP contribution in [0.4, 0.5) is 5.82 Å². The second kappa shape index (κ2) is 8.00. The summed E-state index contributed by atoms with van der Waals surface area (Å²) in [6.45, 7) is 7.44. The first kappa shape index (κ1) is 21.1. The third-order valence-corrected chi connectivity index (χ3v) is 6.89. The molecule has 0 amide bonds. The highest BCUT2D eigenvalue weighted by molar-refractivity contribution is 7.40. The van der Waals surface area contributed by atoms with Gasteiger partial charge in [-0.05, 0) is 37.8 Å². The highest BCUT2D eigenvalue weighted by Crippen LogP contribution is 2.41. The first-order valence-electron chi connectivity index (χ1n) is 9.38. The van der Waals surface area contributed by atoms with Crippen LogP contribution in [0, 0.1) is 0 Å². The average molecular weight is 411 g/mol. The molecule has 6 atom stereocenters. The number of aromatic nitrogens is 3. The van der Waals surface area contributed by atoms with Crippen molar-refractivity contribution in [1.29, 1.82) is 0 Å². The van der Waals surface area contributed by atoms with Crippen LogP contribution in [0.15, 0.2) is 18.6 Å². The fraction of sp³-hybridized carbons (Fsp3) is 0.667. The molecule has 154 valence electrons. The minimum absolute atomic E-state index is 0.0570. The molecule has 0 saturated carbocycles. The van der Waals surface area contributed by atoms with E-state index in [0.29, 0.717) is 16.9 Å². The second-order valence-corrected chi connectivity index (χ2v) is 9.50. The standard InChI is InChI=1S/C18H28N4O5P/c1-5-10(2)28(25)27-18(3,4)8-12-13(23)14(24)17(26-12)22-7-6-11-15(19)20-9-21-16(11)22/h6-7,9-10,12-14,17,23-24H,5,8H2,1-4H3,(H2,19,20,21)/q+1/t10-,12-,13?,14-,17?/m1/s1. The Balaban J connectivity index is 1.77. The summed E-state index contributed by atoms with van der Waals surface area (Å²) in [4.78, 5) is 8.16. The molecule has 3 unspecified atom stereocenters. The van der Waals surface area contributed by atoms with Gasteiger partial charge in [-0.2, -0.15) is 0 Å². The number of nitrogen functional groups attached to an aromatic ring is 1. The van der Waals surface area contributed by atoms with Gasteiger partial charge < -0.3 is 25.3 Å². The van der Waals surface area contributed by atoms with Crippen molar-refractivity contribution in [2.75, 3.05) is 5.73 Å². The van der Waals surface area contributed by atoms with Crippen LogP contribution in [-0.4, -0.2) is 54.3 Å². The van der Waals surface area contributed by atoms with Crippen LogP contribution in [0.5, 0.6) is 0 Å². The van der Waals surface area contributed by atoms with Crippen molar-refractivity contribution < 1.29 is 24.0 Å². The van der Waals surface area contributed by atoms with E-state index >= 15 is 0 Å². The molecule has 2 aromatic heterocycles. The summed E-state index contributed by atoms with van der Waals surface area (Å²) in [5.74, 6) is 0.330. The van der Waals surface area contributed by atoms with E-state index in [1.54, 1.807) is 30.7 Å². The SMILES string of the molecule is CC[C@@H](C)[P+](=O)OC(C)(C)C[C@H]1OC(n2ccc3c(N)ncnc32)[C@H](O)C1O. The highest BCUT2D eigenvalue weighted by Gasteiger charge is 2.48. The van der Waals surface area contributed by atoms with Crippen LogP contribution >= 0.6 is 8.03 Å². The van der Waals surface area contributed by atoms with Gasteiger partial charge in [-0.1, -0.05) is 6.92 Å². The van der Waals surface area contributed by atoms with Gasteiger partial charge in [-0.15, -0.1) is 4.52 Å². The van der Waals surface area contributed by atoms with Gasteiger partial charge in [0.25, 0.3) is 0 Å². The fourth-order valence-electron chi connectivity index (χ4n) is 3.33. The van der Waals surface area contributed by atoms with E-state index in [1.165, 1.54) is 6.33 Å². The molecule has 1 aliphatic rings. The number of nitrogens with two attached hydrogens (primary N) is 1. The molecule has 0 spiro atoms. The van der Waals surface area contributed by atoms with Crippen LogP contribution in [0.1, 0.15) is 46.8 Å². The molecule has 0 aromatic carbocycles. The number of rotatable bonds is 7. The van der Waals surface area contributed by atoms with E-state index < -0.39 is 38.2 Å². The Morgan fingerprint density at radius 1 is 1.39 bits per heavy atom. The monoisotopic (exact) mass is 411 g/mol. The van der Waals surface area contributed by atoms with Crippen LogP contribution in [-0.2, 0) is 13.8 Å². The Morgan fingerprint density at radius 2 is 2.11 bits per heavy atom. The lowest BCUT2D eigenvalue weighted by molar-refractivity contribution is -0.0576. The maximum Gasteiger partial charge on any atom is 0.511 e. The normalized spacial score (nSPS) is 27.3. The zero-order valence-corrected chi connectivity index (χ0v) is 17.4. The van der Waals surface area contributed by atoms with E-state index in [0.717, 1.165) is 6.42 Å². The van der Waals surface area contributed by atoms with E-state index in [-0.39, 0.29) is 12.1 Å². The summed E-state index contributed by atoms with van der Waals surface area (Å²) < 4.78 is 25.6. The molecule has 10 heteroatoms. The van der Waals surface area contributed by atoms with Crippen LogP contribution in [0.25, 0.3) is 11.0 Å². The maximum absolute atomic E-state index is 12.3. The van der Waals surface area contributed by atoms with Crippen LogP contribution in [0.2, 0.25) is 0 Å². The van der Waals surface area contributed by atoms with Gasteiger partial charge in [-0.25, -0.2) is 9.97 Å². The van der Waals surface area contributed by atoms with Crippen molar-refractivity contribution >= 4 is 24.9 Å². The lowest BCUT2D eigenvalue weighted by atomic mass is 9.97. The van der Waals surface area contributed by atoms with Gasteiger partial charge in [-0.3, -0.25) is 0 Å². The molecule has 3 rings (SSSR count). The number of ether oxygens (including phenoxy) is 1. The third kappa shape index (κ3) is 4.04. The summed E-state index contributed by atoms with van der Waals surface area (Å²) in [5, 5.41) is 21.7. The second-order valence-electron chi connectivity index (χ2n) is 7.86. The molecular weight excluding hydrogens is 383 g/mol. The Bertz CT molecular complexity index is 858. The molecule has 28 heavy (non-hydrogen) atoms. The van der Waals surface area contributed by atoms with E-state index in [4.69, 9.17) is 15.0 Å². The lowest BCUT2D eigenvalue weighted by Crippen LogP contribution is -2.36. The van der Waals surface area contributed by atoms with Gasteiger partial charge in [0.15, 0.2) is 11.9 Å². The van der Waals surface area contributed by atoms with E-state index in [9.17, 15) is 14.8 Å². The smallest absolute Gasteiger partial charge is 0.388 e. The summed E-state index contributed by atoms with van der Waals surface area (Å²) in [5.41, 5.74) is 5.53. The quantitative estimate of drug-likeness (QED) is 0.592. The Morgan fingerprint density at radius 3 is 2.79 bits per heavy atom. The maximum atomic E-state index is 12.3. The molecule has 2 aromatic rings. The minimum atomic E-state index is -1.84. The topological polar surface area (TPSA) is 133 Å². The number of nitrogens with zero attached hydrogens (tertiary/aromatic N) is 3. The molecule has 0 bridgehead atoms. The Labute approximate surface area is 164 Å². The molecule has 1 saturated heterocycles. The largest absolute Gasteiger partial charge is 0.511 e. The van der Waals surface area contributed by atoms with Crippen molar-refractivity contribution in [1.82, 2.24) is 14.5 Å². The predicted molar refractivity (Wildman–Crippen MR) is 105 cm³/mol. The van der Waals surface area contributed by atoms with Crippen molar-refractivity contribution in [3.63, 3.8) is 0 Å². The molecular formula is C18H28N4O5P+. The van der Waals surface area contributed by atoms with Crippen molar-refractivity contribution in [2.24, 2.45) is 0 Å². The number of hydrogen-bond acceptors (Lipinski definition) is 8. The average Bonchev–Trinajstić information content (AvgIpc) is 3.18. The molecule has 1 aliphatic heterocycles. The first-order chi connectivity index (χ1) is 13.1. The molecule has 4 N–H and O–H groups in total. The fourth-order valence-corrected chi connectivity index (χ4v) is 4.37. The number of aliphatic hydroxyl groups excluding tert-OH is 2. The summed E-state index contributed by atoms with van der Waals surface area (Å²) in [6.07, 6.45) is 0.266. The van der Waals surface area contributed by atoms with Crippen molar-refractivity contribution in [3.8, 4) is 0 Å². The summed E-state index contributed by atoms with van der Waals surface area (Å²) >= 11 is 0. The number of aliphatic hydroxyl groups is 2. The molecule has 9 nitrogen and oxygen atoms in total. The first-order valence-corrected chi connectivity index (χ1v) is 10.6. The Hall–Kier alpha value is -1.64. The number of anilines is 1. The van der Waals surface area contributed by atoms with E-state index in [2.05, 4.69) is 9.97 Å². The molecule has 1 fully saturated rings. The van der Waals surface area contributed by atoms with Crippen LogP contribution in [0.3, 0.4) is 0 Å². The Kier molecular flexibility index (Phi) is 6.03. The minimum Gasteiger partial charge on any atom is -0.388 e. The van der Waals surface area contributed by atoms with Gasteiger partial charge in [0.1, 0.15) is 35.6 Å². The van der Waals surface area contributed by atoms with Gasteiger partial charge in [0, 0.05) is 12.6 Å². The third-order valence-electron chi connectivity index (χ3n) is 5.13. The van der Waals surface area contributed by atoms with Gasteiger partial charge >= 0.3 is 8.03 Å². The summed E-state index contributed by atoms with van der Waals surface area (Å²) in [7, 11) is -1.84. The zero-order chi connectivity index (χ0) is 20.6. The lowest BCUT2D eigenvalue weighted by Gasteiger charge is -2.24. The highest BCUT2D eigenvalue weighted by atomic mass is 31.1. The van der Waals surface area contributed by atoms with Gasteiger partial charge in [0.2, 0.25) is 0 Å². The van der Waals surface area contributed by atoms with Crippen molar-refractivity contribution in [3.05, 3.63) is 18.6 Å². The van der Waals surface area contributed by atoms with Gasteiger partial charge in [0.05, 0.1) is 11.5 Å². The summed E-state index contributed by atoms with van der Waals surface area (Å²) in [6, 6.07) is 1.74. The molecule has 3 heterocycles. The van der Waals surface area contributed by atoms with Crippen molar-refractivity contribution in [2.45, 2.75) is 76.3 Å². The van der Waals surface area contributed by atoms with Crippen LogP contribution < -0.4 is 5.73 Å². The molecule has 0 aliphatic carbocycles.